The largest absolute Gasteiger partial charge is 0.342 e. The molecule has 1 N–H and O–H groups in total. The van der Waals surface area contributed by atoms with Gasteiger partial charge in [0, 0.05) is 44.0 Å². The topological polar surface area (TPSA) is 35.2 Å². The molecule has 3 aromatic carbocycles. The summed E-state index contributed by atoms with van der Waals surface area (Å²) in [7, 11) is 0. The van der Waals surface area contributed by atoms with E-state index in [9.17, 15) is 0 Å². The Labute approximate surface area is 247 Å². The Hall–Kier alpha value is -3.21. The summed E-state index contributed by atoms with van der Waals surface area (Å²) in [6, 6.07) is 27.4. The van der Waals surface area contributed by atoms with Crippen LogP contribution in [0.25, 0.3) is 11.4 Å². The average molecular weight is 549 g/mol. The number of H-pyrrole nitrogens is 1. The molecule has 216 valence electrons. The molecule has 0 unspecified atom stereocenters. The molecule has 4 aromatic rings. The number of aryl methyl sites for hydroxylation is 2. The molecule has 0 atom stereocenters. The summed E-state index contributed by atoms with van der Waals surface area (Å²) in [6.45, 7) is 23.1. The van der Waals surface area contributed by atoms with E-state index in [1.165, 1.54) is 33.5 Å². The minimum absolute atomic E-state index is 0.116. The molecule has 1 fully saturated rings. The molecule has 2 heterocycles. The summed E-state index contributed by atoms with van der Waals surface area (Å²) in [6.07, 6.45) is 0. The van der Waals surface area contributed by atoms with Crippen LogP contribution in [0.3, 0.4) is 0 Å². The Balaban J connectivity index is 1.37. The van der Waals surface area contributed by atoms with E-state index in [0.717, 1.165) is 49.8 Å². The van der Waals surface area contributed by atoms with Crippen molar-refractivity contribution in [2.24, 2.45) is 0 Å². The van der Waals surface area contributed by atoms with Gasteiger partial charge in [0.05, 0.1) is 11.7 Å². The molecule has 0 amide bonds. The van der Waals surface area contributed by atoms with Crippen molar-refractivity contribution in [1.29, 1.82) is 0 Å². The molecule has 5 rings (SSSR count). The third-order valence-electron chi connectivity index (χ3n) is 8.59. The fourth-order valence-corrected chi connectivity index (χ4v) is 5.85. The molecule has 0 radical (unpaired) electrons. The van der Waals surface area contributed by atoms with Crippen LogP contribution in [-0.4, -0.2) is 45.9 Å². The molecule has 4 heteroatoms. The number of aromatic amines is 1. The normalized spacial score (nSPS) is 15.5. The number of hydrogen-bond donors (Lipinski definition) is 1. The van der Waals surface area contributed by atoms with Gasteiger partial charge >= 0.3 is 0 Å². The minimum Gasteiger partial charge on any atom is -0.342 e. The first-order chi connectivity index (χ1) is 19.4. The van der Waals surface area contributed by atoms with Crippen LogP contribution in [0.15, 0.2) is 72.8 Å². The Morgan fingerprint density at radius 2 is 1.27 bits per heavy atom. The van der Waals surface area contributed by atoms with E-state index < -0.39 is 0 Å². The van der Waals surface area contributed by atoms with Crippen molar-refractivity contribution in [2.45, 2.75) is 78.8 Å². The monoisotopic (exact) mass is 548 g/mol. The van der Waals surface area contributed by atoms with E-state index in [1.807, 2.05) is 0 Å². The molecule has 1 saturated heterocycles. The summed E-state index contributed by atoms with van der Waals surface area (Å²) in [5.74, 6) is 0.966. The van der Waals surface area contributed by atoms with Crippen LogP contribution < -0.4 is 0 Å². The summed E-state index contributed by atoms with van der Waals surface area (Å²) >= 11 is 0. The van der Waals surface area contributed by atoms with Crippen LogP contribution in [0.1, 0.15) is 86.8 Å². The number of nitrogens with one attached hydrogen (secondary N) is 1. The minimum atomic E-state index is 0.116. The Bertz CT molecular complexity index is 1400. The van der Waals surface area contributed by atoms with E-state index in [1.54, 1.807) is 0 Å². The molecule has 1 aliphatic rings. The standard InChI is InChI=1S/C37H48N4/c1-26-15-17-28(18-16-26)35-38-27(2)33(39-35)25-40-19-21-41(22-20-40)34(29-11-9-13-31(23-29)36(3,4)5)30-12-10-14-32(24-30)37(6,7)8/h9-18,23-24,34H,19-22,25H2,1-8H3,(H,38,39). The maximum atomic E-state index is 5.01. The van der Waals surface area contributed by atoms with Crippen molar-refractivity contribution in [3.05, 3.63) is 112 Å². The van der Waals surface area contributed by atoms with Gasteiger partial charge in [0.1, 0.15) is 5.82 Å². The van der Waals surface area contributed by atoms with Crippen LogP contribution in [0.2, 0.25) is 0 Å². The molecular formula is C37H48N4. The molecule has 0 saturated carbocycles. The highest BCUT2D eigenvalue weighted by Gasteiger charge is 2.29. The first-order valence-electron chi connectivity index (χ1n) is 15.2. The van der Waals surface area contributed by atoms with Gasteiger partial charge in [-0.3, -0.25) is 9.80 Å². The first-order valence-corrected chi connectivity index (χ1v) is 15.2. The number of imidazole rings is 1. The zero-order chi connectivity index (χ0) is 29.4. The Morgan fingerprint density at radius 3 is 1.78 bits per heavy atom. The second-order valence-electron chi connectivity index (χ2n) is 14.0. The second-order valence-corrected chi connectivity index (χ2v) is 14.0. The lowest BCUT2D eigenvalue weighted by molar-refractivity contribution is 0.104. The van der Waals surface area contributed by atoms with Gasteiger partial charge in [0.15, 0.2) is 0 Å². The maximum Gasteiger partial charge on any atom is 0.137 e. The molecule has 41 heavy (non-hydrogen) atoms. The third kappa shape index (κ3) is 6.82. The molecule has 0 bridgehead atoms. The quantitative estimate of drug-likeness (QED) is 0.264. The number of aromatic nitrogens is 2. The van der Waals surface area contributed by atoms with Crippen LogP contribution >= 0.6 is 0 Å². The predicted octanol–water partition coefficient (Wildman–Crippen LogP) is 8.20. The number of rotatable bonds is 6. The highest BCUT2D eigenvalue weighted by Crippen LogP contribution is 2.35. The van der Waals surface area contributed by atoms with Crippen molar-refractivity contribution in [3.8, 4) is 11.4 Å². The Morgan fingerprint density at radius 1 is 0.732 bits per heavy atom. The van der Waals surface area contributed by atoms with Crippen LogP contribution in [0, 0.1) is 13.8 Å². The van der Waals surface area contributed by atoms with Crippen LogP contribution in [0.4, 0.5) is 0 Å². The number of hydrogen-bond acceptors (Lipinski definition) is 3. The number of nitrogens with zero attached hydrogens (tertiary/aromatic N) is 3. The van der Waals surface area contributed by atoms with Crippen molar-refractivity contribution < 1.29 is 0 Å². The molecular weight excluding hydrogens is 500 g/mol. The summed E-state index contributed by atoms with van der Waals surface area (Å²) in [5, 5.41) is 0. The molecule has 4 nitrogen and oxygen atoms in total. The smallest absolute Gasteiger partial charge is 0.137 e. The van der Waals surface area contributed by atoms with E-state index in [-0.39, 0.29) is 16.9 Å². The lowest BCUT2D eigenvalue weighted by Crippen LogP contribution is -2.47. The van der Waals surface area contributed by atoms with E-state index in [0.29, 0.717) is 0 Å². The van der Waals surface area contributed by atoms with Gasteiger partial charge in [-0.25, -0.2) is 4.98 Å². The summed E-state index contributed by atoms with van der Waals surface area (Å²) < 4.78 is 0. The molecule has 0 aliphatic carbocycles. The van der Waals surface area contributed by atoms with Crippen LogP contribution in [-0.2, 0) is 17.4 Å². The van der Waals surface area contributed by atoms with Gasteiger partial charge in [-0.15, -0.1) is 0 Å². The van der Waals surface area contributed by atoms with Crippen molar-refractivity contribution >= 4 is 0 Å². The van der Waals surface area contributed by atoms with Gasteiger partial charge in [-0.05, 0) is 46.9 Å². The van der Waals surface area contributed by atoms with Gasteiger partial charge in [-0.1, -0.05) is 120 Å². The van der Waals surface area contributed by atoms with Gasteiger partial charge < -0.3 is 4.98 Å². The Kier molecular flexibility index (Phi) is 8.27. The van der Waals surface area contributed by atoms with Crippen molar-refractivity contribution in [2.75, 3.05) is 26.2 Å². The fourth-order valence-electron chi connectivity index (χ4n) is 5.85. The van der Waals surface area contributed by atoms with Gasteiger partial charge in [0.25, 0.3) is 0 Å². The fraction of sp³-hybridized carbons (Fsp3) is 0.432. The SMILES string of the molecule is Cc1ccc(-c2nc(CN3CCN(C(c4cccc(C(C)(C)C)c4)c4cccc(C(C)(C)C)c4)CC3)c(C)[nH]2)cc1. The lowest BCUT2D eigenvalue weighted by atomic mass is 9.82. The first kappa shape index (κ1) is 29.3. The van der Waals surface area contributed by atoms with Gasteiger partial charge in [-0.2, -0.15) is 0 Å². The highest BCUT2D eigenvalue weighted by molar-refractivity contribution is 5.56. The van der Waals surface area contributed by atoms with E-state index in [2.05, 4.69) is 143 Å². The number of piperazine rings is 1. The number of benzene rings is 3. The van der Waals surface area contributed by atoms with Gasteiger partial charge in [0.2, 0.25) is 0 Å². The van der Waals surface area contributed by atoms with Crippen molar-refractivity contribution in [1.82, 2.24) is 19.8 Å². The summed E-state index contributed by atoms with van der Waals surface area (Å²) in [4.78, 5) is 13.8. The zero-order valence-corrected chi connectivity index (χ0v) is 26.4. The zero-order valence-electron chi connectivity index (χ0n) is 26.4. The van der Waals surface area contributed by atoms with E-state index >= 15 is 0 Å². The lowest BCUT2D eigenvalue weighted by Gasteiger charge is -2.40. The average Bonchev–Trinajstić information content (AvgIpc) is 3.29. The molecule has 0 spiro atoms. The summed E-state index contributed by atoms with van der Waals surface area (Å²) in [5.41, 5.74) is 10.5. The van der Waals surface area contributed by atoms with Crippen LogP contribution in [0.5, 0.6) is 0 Å². The second kappa shape index (κ2) is 11.6. The molecule has 1 aromatic heterocycles. The van der Waals surface area contributed by atoms with Crippen molar-refractivity contribution in [3.63, 3.8) is 0 Å². The predicted molar refractivity (Wildman–Crippen MR) is 172 cm³/mol. The molecule has 1 aliphatic heterocycles. The van der Waals surface area contributed by atoms with E-state index in [4.69, 9.17) is 4.98 Å². The third-order valence-corrected chi connectivity index (χ3v) is 8.59. The maximum absolute atomic E-state index is 5.01. The highest BCUT2D eigenvalue weighted by atomic mass is 15.3.